The van der Waals surface area contributed by atoms with E-state index in [4.69, 9.17) is 0 Å². The fourth-order valence-electron chi connectivity index (χ4n) is 1.32. The maximum atomic E-state index is 3.34. The molecule has 0 aromatic heterocycles. The standard InChI is InChI=1S/C6H11N3/c1-2-8-6-3-7-4-9-5(1)6/h1,6-9H,2-4H2. The van der Waals surface area contributed by atoms with Gasteiger partial charge in [0.25, 0.3) is 0 Å². The molecule has 0 aromatic carbocycles. The van der Waals surface area contributed by atoms with E-state index < -0.39 is 0 Å². The first-order chi connectivity index (χ1) is 4.47. The van der Waals surface area contributed by atoms with Crippen LogP contribution in [0.25, 0.3) is 0 Å². The third-order valence-corrected chi connectivity index (χ3v) is 1.83. The van der Waals surface area contributed by atoms with Crippen LogP contribution in [0.4, 0.5) is 0 Å². The number of nitrogens with one attached hydrogen (secondary N) is 3. The summed E-state index contributed by atoms with van der Waals surface area (Å²) in [7, 11) is 0. The second-order valence-corrected chi connectivity index (χ2v) is 2.43. The summed E-state index contributed by atoms with van der Waals surface area (Å²) < 4.78 is 0. The minimum atomic E-state index is 0.554. The zero-order valence-corrected chi connectivity index (χ0v) is 5.28. The third-order valence-electron chi connectivity index (χ3n) is 1.83. The molecule has 9 heavy (non-hydrogen) atoms. The van der Waals surface area contributed by atoms with Crippen LogP contribution >= 0.6 is 0 Å². The normalized spacial score (nSPS) is 32.9. The van der Waals surface area contributed by atoms with Gasteiger partial charge in [0.1, 0.15) is 0 Å². The van der Waals surface area contributed by atoms with Crippen LogP contribution in [0.1, 0.15) is 0 Å². The molecule has 3 N–H and O–H groups in total. The van der Waals surface area contributed by atoms with Crippen molar-refractivity contribution in [1.82, 2.24) is 16.0 Å². The van der Waals surface area contributed by atoms with Crippen molar-refractivity contribution in [3.8, 4) is 0 Å². The smallest absolute Gasteiger partial charge is 0.0651 e. The van der Waals surface area contributed by atoms with Crippen LogP contribution in [-0.4, -0.2) is 25.8 Å². The highest BCUT2D eigenvalue weighted by Crippen LogP contribution is 2.05. The first kappa shape index (κ1) is 5.26. The van der Waals surface area contributed by atoms with Gasteiger partial charge in [-0.2, -0.15) is 0 Å². The summed E-state index contributed by atoms with van der Waals surface area (Å²) >= 11 is 0. The predicted molar refractivity (Wildman–Crippen MR) is 35.9 cm³/mol. The third kappa shape index (κ3) is 0.821. The van der Waals surface area contributed by atoms with Gasteiger partial charge in [-0.1, -0.05) is 0 Å². The van der Waals surface area contributed by atoms with Crippen LogP contribution in [0.2, 0.25) is 0 Å². The van der Waals surface area contributed by atoms with Crippen molar-refractivity contribution in [1.29, 1.82) is 0 Å². The second kappa shape index (κ2) is 2.01. The Bertz CT molecular complexity index is 141. The fourth-order valence-corrected chi connectivity index (χ4v) is 1.32. The molecular weight excluding hydrogens is 114 g/mol. The maximum absolute atomic E-state index is 3.34. The van der Waals surface area contributed by atoms with Crippen molar-refractivity contribution in [2.24, 2.45) is 0 Å². The summed E-state index contributed by atoms with van der Waals surface area (Å²) in [5.41, 5.74) is 1.37. The van der Waals surface area contributed by atoms with E-state index in [9.17, 15) is 0 Å². The van der Waals surface area contributed by atoms with Gasteiger partial charge < -0.3 is 10.6 Å². The predicted octanol–water partition coefficient (Wildman–Crippen LogP) is -1.01. The van der Waals surface area contributed by atoms with Crippen LogP contribution in [0, 0.1) is 0 Å². The van der Waals surface area contributed by atoms with Crippen LogP contribution in [0.5, 0.6) is 0 Å². The molecule has 0 spiro atoms. The topological polar surface area (TPSA) is 36.1 Å². The summed E-state index contributed by atoms with van der Waals surface area (Å²) in [5.74, 6) is 0. The van der Waals surface area contributed by atoms with Gasteiger partial charge in [0.05, 0.1) is 12.7 Å². The molecule has 1 saturated heterocycles. The van der Waals surface area contributed by atoms with Gasteiger partial charge in [0.2, 0.25) is 0 Å². The molecule has 3 heteroatoms. The quantitative estimate of drug-likeness (QED) is 0.388. The summed E-state index contributed by atoms with van der Waals surface area (Å²) in [6.07, 6.45) is 2.21. The number of fused-ring (bicyclic) bond motifs is 1. The highest BCUT2D eigenvalue weighted by atomic mass is 15.2. The van der Waals surface area contributed by atoms with E-state index in [0.717, 1.165) is 19.8 Å². The molecule has 3 nitrogen and oxygen atoms in total. The Balaban J connectivity index is 2.09. The van der Waals surface area contributed by atoms with E-state index in [1.165, 1.54) is 5.70 Å². The highest BCUT2D eigenvalue weighted by Gasteiger charge is 2.20. The lowest BCUT2D eigenvalue weighted by Gasteiger charge is -2.23. The van der Waals surface area contributed by atoms with Crippen LogP contribution in [-0.2, 0) is 0 Å². The first-order valence-corrected chi connectivity index (χ1v) is 3.35. The zero-order chi connectivity index (χ0) is 6.10. The van der Waals surface area contributed by atoms with Crippen LogP contribution in [0.3, 0.4) is 0 Å². The molecule has 0 saturated carbocycles. The van der Waals surface area contributed by atoms with E-state index in [-0.39, 0.29) is 0 Å². The molecule has 50 valence electrons. The SMILES string of the molecule is C1=C2NCNCC2NC1. The summed E-state index contributed by atoms with van der Waals surface area (Å²) in [6, 6.07) is 0.554. The number of hydrogen-bond acceptors (Lipinski definition) is 3. The molecular formula is C6H11N3. The summed E-state index contributed by atoms with van der Waals surface area (Å²) in [4.78, 5) is 0. The van der Waals surface area contributed by atoms with Crippen molar-refractivity contribution < 1.29 is 0 Å². The Labute approximate surface area is 54.5 Å². The van der Waals surface area contributed by atoms with Gasteiger partial charge in [-0.05, 0) is 6.08 Å². The van der Waals surface area contributed by atoms with Gasteiger partial charge in [-0.15, -0.1) is 0 Å². The molecule has 2 rings (SSSR count). The van der Waals surface area contributed by atoms with Gasteiger partial charge in [-0.3, -0.25) is 5.32 Å². The average Bonchev–Trinajstić information content (AvgIpc) is 2.33. The second-order valence-electron chi connectivity index (χ2n) is 2.43. The van der Waals surface area contributed by atoms with E-state index in [1.54, 1.807) is 0 Å². The van der Waals surface area contributed by atoms with Crippen LogP contribution in [0.15, 0.2) is 11.8 Å². The minimum Gasteiger partial charge on any atom is -0.375 e. The van der Waals surface area contributed by atoms with Gasteiger partial charge >= 0.3 is 0 Å². The summed E-state index contributed by atoms with van der Waals surface area (Å²) in [6.45, 7) is 3.01. The van der Waals surface area contributed by atoms with E-state index >= 15 is 0 Å². The van der Waals surface area contributed by atoms with Crippen molar-refractivity contribution in [2.45, 2.75) is 6.04 Å². The molecule has 0 aromatic rings. The highest BCUT2D eigenvalue weighted by molar-refractivity contribution is 5.17. The molecule has 2 heterocycles. The number of rotatable bonds is 0. The molecule has 2 aliphatic rings. The fraction of sp³-hybridized carbons (Fsp3) is 0.667. The van der Waals surface area contributed by atoms with Gasteiger partial charge in [0, 0.05) is 18.8 Å². The molecule has 1 fully saturated rings. The van der Waals surface area contributed by atoms with Crippen LogP contribution < -0.4 is 16.0 Å². The maximum Gasteiger partial charge on any atom is 0.0651 e. The van der Waals surface area contributed by atoms with Crippen molar-refractivity contribution in [3.63, 3.8) is 0 Å². The first-order valence-electron chi connectivity index (χ1n) is 3.35. The lowest BCUT2D eigenvalue weighted by molar-refractivity contribution is 0.476. The number of hydrogen-bond donors (Lipinski definition) is 3. The molecule has 0 aliphatic carbocycles. The molecule has 1 unspecified atom stereocenters. The summed E-state index contributed by atoms with van der Waals surface area (Å²) in [5, 5.41) is 9.85. The molecule has 0 bridgehead atoms. The Morgan fingerprint density at radius 3 is 3.44 bits per heavy atom. The Kier molecular flexibility index (Phi) is 1.17. The largest absolute Gasteiger partial charge is 0.375 e. The lowest BCUT2D eigenvalue weighted by Crippen LogP contribution is -2.48. The van der Waals surface area contributed by atoms with E-state index in [2.05, 4.69) is 22.0 Å². The molecule has 2 aliphatic heterocycles. The van der Waals surface area contributed by atoms with Crippen molar-refractivity contribution >= 4 is 0 Å². The Morgan fingerprint density at radius 2 is 2.56 bits per heavy atom. The van der Waals surface area contributed by atoms with Gasteiger partial charge in [0.15, 0.2) is 0 Å². The molecule has 0 radical (unpaired) electrons. The Morgan fingerprint density at radius 1 is 1.56 bits per heavy atom. The Hall–Kier alpha value is -0.540. The molecule has 1 atom stereocenters. The zero-order valence-electron chi connectivity index (χ0n) is 5.28. The minimum absolute atomic E-state index is 0.554. The van der Waals surface area contributed by atoms with Gasteiger partial charge in [-0.25, -0.2) is 0 Å². The van der Waals surface area contributed by atoms with E-state index in [0.29, 0.717) is 6.04 Å². The average molecular weight is 125 g/mol. The van der Waals surface area contributed by atoms with E-state index in [1.807, 2.05) is 0 Å². The monoisotopic (exact) mass is 125 g/mol. The van der Waals surface area contributed by atoms with Crippen molar-refractivity contribution in [3.05, 3.63) is 11.8 Å². The lowest BCUT2D eigenvalue weighted by atomic mass is 10.2. The molecule has 0 amide bonds. The van der Waals surface area contributed by atoms with Crippen molar-refractivity contribution in [2.75, 3.05) is 19.8 Å².